The first kappa shape index (κ1) is 20.8. The lowest BCUT2D eigenvalue weighted by Crippen LogP contribution is -2.39. The molecular weight excluding hydrogens is 439 g/mol. The number of benzene rings is 2. The second-order valence-corrected chi connectivity index (χ2v) is 8.19. The molecule has 1 N–H and O–H groups in total. The smallest absolute Gasteiger partial charge is 0.266 e. The van der Waals surface area contributed by atoms with Crippen molar-refractivity contribution in [1.82, 2.24) is 10.4 Å². The van der Waals surface area contributed by atoms with Crippen LogP contribution in [0.25, 0.3) is 6.08 Å². The number of rotatable bonds is 6. The zero-order valence-corrected chi connectivity index (χ0v) is 17.5. The number of halogens is 2. The number of amides is 2. The van der Waals surface area contributed by atoms with Crippen molar-refractivity contribution in [3.05, 3.63) is 74.6 Å². The number of thioether (sulfide) groups is 1. The lowest BCUT2D eigenvalue weighted by Gasteiger charge is -2.14. The Hall–Kier alpha value is -1.90. The van der Waals surface area contributed by atoms with E-state index in [1.54, 1.807) is 24.3 Å². The van der Waals surface area contributed by atoms with Gasteiger partial charge in [-0.1, -0.05) is 83.6 Å². The van der Waals surface area contributed by atoms with Crippen molar-refractivity contribution < 1.29 is 14.4 Å². The minimum atomic E-state index is -0.482. The third-order valence-electron chi connectivity index (χ3n) is 3.72. The molecule has 1 saturated heterocycles. The summed E-state index contributed by atoms with van der Waals surface area (Å²) >= 11 is 18.6. The van der Waals surface area contributed by atoms with E-state index in [0.29, 0.717) is 20.5 Å². The summed E-state index contributed by atoms with van der Waals surface area (Å²) < 4.78 is 0.276. The van der Waals surface area contributed by atoms with Crippen molar-refractivity contribution in [1.29, 1.82) is 0 Å². The molecule has 0 bridgehead atoms. The van der Waals surface area contributed by atoms with Crippen molar-refractivity contribution >= 4 is 69.4 Å². The quantitative estimate of drug-likeness (QED) is 0.398. The largest absolute Gasteiger partial charge is 0.283 e. The topological polar surface area (TPSA) is 58.6 Å². The summed E-state index contributed by atoms with van der Waals surface area (Å²) in [5.41, 5.74) is 3.76. The van der Waals surface area contributed by atoms with Crippen LogP contribution in [0.3, 0.4) is 0 Å². The Morgan fingerprint density at radius 1 is 1.14 bits per heavy atom. The van der Waals surface area contributed by atoms with Crippen LogP contribution in [0.5, 0.6) is 0 Å². The average Bonchev–Trinajstić information content (AvgIpc) is 2.93. The van der Waals surface area contributed by atoms with Crippen LogP contribution >= 0.6 is 47.2 Å². The first-order chi connectivity index (χ1) is 13.5. The van der Waals surface area contributed by atoms with E-state index in [4.69, 9.17) is 40.3 Å². The normalized spacial score (nSPS) is 15.4. The van der Waals surface area contributed by atoms with Gasteiger partial charge in [0.1, 0.15) is 10.9 Å². The number of hydrogen-bond donors (Lipinski definition) is 1. The third kappa shape index (κ3) is 5.12. The Bertz CT molecular complexity index is 931. The Balaban J connectivity index is 1.60. The molecule has 1 fully saturated rings. The highest BCUT2D eigenvalue weighted by atomic mass is 35.5. The Labute approximate surface area is 181 Å². The maximum Gasteiger partial charge on any atom is 0.266 e. The summed E-state index contributed by atoms with van der Waals surface area (Å²) in [6.45, 7) is -0.0249. The number of hydrogen-bond acceptors (Lipinski definition) is 5. The van der Waals surface area contributed by atoms with E-state index in [1.807, 2.05) is 30.3 Å². The van der Waals surface area contributed by atoms with Crippen molar-refractivity contribution in [2.45, 2.75) is 6.61 Å². The number of carbonyl (C=O) groups is 2. The molecule has 1 aliphatic heterocycles. The van der Waals surface area contributed by atoms with Crippen molar-refractivity contribution in [2.75, 3.05) is 6.54 Å². The minimum absolute atomic E-state index is 0.218. The van der Waals surface area contributed by atoms with Crippen molar-refractivity contribution in [2.24, 2.45) is 0 Å². The molecule has 0 unspecified atom stereocenters. The van der Waals surface area contributed by atoms with Gasteiger partial charge in [-0.05, 0) is 23.8 Å². The summed E-state index contributed by atoms with van der Waals surface area (Å²) in [7, 11) is 0. The zero-order chi connectivity index (χ0) is 20.1. The summed E-state index contributed by atoms with van der Waals surface area (Å²) in [6, 6.07) is 14.5. The summed E-state index contributed by atoms with van der Waals surface area (Å²) in [5.74, 6) is -0.867. The van der Waals surface area contributed by atoms with Gasteiger partial charge in [-0.25, -0.2) is 5.48 Å². The molecule has 3 rings (SSSR count). The van der Waals surface area contributed by atoms with Crippen LogP contribution in [0, 0.1) is 0 Å². The molecule has 0 spiro atoms. The van der Waals surface area contributed by atoms with Gasteiger partial charge in [-0.15, -0.1) is 0 Å². The number of thiocarbonyl (C=S) groups is 1. The fraction of sp³-hybridized carbons (Fsp3) is 0.105. The molecule has 2 aromatic rings. The predicted molar refractivity (Wildman–Crippen MR) is 116 cm³/mol. The van der Waals surface area contributed by atoms with E-state index in [1.165, 1.54) is 4.90 Å². The third-order valence-corrected chi connectivity index (χ3v) is 5.76. The first-order valence-corrected chi connectivity index (χ1v) is 10.1. The molecular formula is C19H14Cl2N2O3S2. The second kappa shape index (κ2) is 9.54. The fourth-order valence-corrected chi connectivity index (χ4v) is 4.11. The van der Waals surface area contributed by atoms with Gasteiger partial charge in [0.15, 0.2) is 0 Å². The van der Waals surface area contributed by atoms with E-state index >= 15 is 0 Å². The molecule has 5 nitrogen and oxygen atoms in total. The zero-order valence-electron chi connectivity index (χ0n) is 14.4. The molecule has 0 aromatic heterocycles. The predicted octanol–water partition coefficient (Wildman–Crippen LogP) is 4.44. The summed E-state index contributed by atoms with van der Waals surface area (Å²) in [4.78, 5) is 31.4. The van der Waals surface area contributed by atoms with Crippen LogP contribution in [-0.4, -0.2) is 27.6 Å². The number of carbonyl (C=O) groups excluding carboxylic acids is 2. The van der Waals surface area contributed by atoms with Crippen LogP contribution in [-0.2, 0) is 21.0 Å². The molecule has 0 radical (unpaired) electrons. The van der Waals surface area contributed by atoms with Crippen LogP contribution < -0.4 is 5.48 Å². The highest BCUT2D eigenvalue weighted by molar-refractivity contribution is 8.26. The summed E-state index contributed by atoms with van der Waals surface area (Å²) in [6.07, 6.45) is 1.58. The van der Waals surface area contributed by atoms with Crippen LogP contribution in [0.4, 0.5) is 0 Å². The van der Waals surface area contributed by atoms with Gasteiger partial charge in [0, 0.05) is 15.6 Å². The number of hydroxylamine groups is 1. The van der Waals surface area contributed by atoms with Crippen molar-refractivity contribution in [3.63, 3.8) is 0 Å². The fourth-order valence-electron chi connectivity index (χ4n) is 2.37. The molecule has 0 atom stereocenters. The van der Waals surface area contributed by atoms with Crippen LogP contribution in [0.1, 0.15) is 11.1 Å². The SMILES string of the molecule is O=C(CN1C(=O)/C(=C/c2c(Cl)cccc2Cl)SC1=S)NOCc1ccccc1. The van der Waals surface area contributed by atoms with E-state index < -0.39 is 5.91 Å². The molecule has 2 amide bonds. The van der Waals surface area contributed by atoms with E-state index in [9.17, 15) is 9.59 Å². The molecule has 144 valence electrons. The van der Waals surface area contributed by atoms with Gasteiger partial charge in [0.25, 0.3) is 11.8 Å². The lowest BCUT2D eigenvalue weighted by molar-refractivity contribution is -0.137. The first-order valence-electron chi connectivity index (χ1n) is 8.09. The molecule has 1 aliphatic rings. The van der Waals surface area contributed by atoms with Crippen molar-refractivity contribution in [3.8, 4) is 0 Å². The van der Waals surface area contributed by atoms with Gasteiger partial charge in [-0.3, -0.25) is 19.3 Å². The summed E-state index contributed by atoms with van der Waals surface area (Å²) in [5, 5.41) is 0.842. The maximum atomic E-state index is 12.6. The molecule has 1 heterocycles. The van der Waals surface area contributed by atoms with Crippen LogP contribution in [0.15, 0.2) is 53.4 Å². The standard InChI is InChI=1S/C19H14Cl2N2O3S2/c20-14-7-4-8-15(21)13(14)9-16-18(25)23(19(27)28-16)10-17(24)22-26-11-12-5-2-1-3-6-12/h1-9H,10-11H2,(H,22,24)/b16-9-. The van der Waals surface area contributed by atoms with Crippen LogP contribution in [0.2, 0.25) is 10.0 Å². The highest BCUT2D eigenvalue weighted by Crippen LogP contribution is 2.35. The lowest BCUT2D eigenvalue weighted by atomic mass is 10.2. The Morgan fingerprint density at radius 2 is 1.82 bits per heavy atom. The minimum Gasteiger partial charge on any atom is -0.283 e. The van der Waals surface area contributed by atoms with Gasteiger partial charge >= 0.3 is 0 Å². The van der Waals surface area contributed by atoms with Gasteiger partial charge in [0.05, 0.1) is 11.5 Å². The highest BCUT2D eigenvalue weighted by Gasteiger charge is 2.33. The molecule has 2 aromatic carbocycles. The number of nitrogens with zero attached hydrogens (tertiary/aromatic N) is 1. The van der Waals surface area contributed by atoms with E-state index in [0.717, 1.165) is 17.3 Å². The average molecular weight is 453 g/mol. The molecule has 28 heavy (non-hydrogen) atoms. The molecule has 9 heteroatoms. The Kier molecular flexibility index (Phi) is 7.09. The Morgan fingerprint density at radius 3 is 2.50 bits per heavy atom. The van der Waals surface area contributed by atoms with Gasteiger partial charge in [0.2, 0.25) is 0 Å². The monoisotopic (exact) mass is 452 g/mol. The number of nitrogens with one attached hydrogen (secondary N) is 1. The maximum absolute atomic E-state index is 12.6. The van der Waals surface area contributed by atoms with E-state index in [2.05, 4.69) is 5.48 Å². The molecule has 0 saturated carbocycles. The van der Waals surface area contributed by atoms with E-state index in [-0.39, 0.29) is 23.4 Å². The van der Waals surface area contributed by atoms with Gasteiger partial charge < -0.3 is 0 Å². The molecule has 0 aliphatic carbocycles. The van der Waals surface area contributed by atoms with Gasteiger partial charge in [-0.2, -0.15) is 0 Å². The second-order valence-electron chi connectivity index (χ2n) is 5.70.